The number of nitrogens with zero attached hydrogens (tertiary/aromatic N) is 1. The number of hydrogen-bond donors (Lipinski definition) is 0. The van der Waals surface area contributed by atoms with Crippen molar-refractivity contribution in [3.63, 3.8) is 0 Å². The Kier molecular flexibility index (Phi) is 4.65. The molecular weight excluding hydrogens is 329 g/mol. The molecule has 0 spiro atoms. The quantitative estimate of drug-likeness (QED) is 0.529. The maximum absolute atomic E-state index is 13.7. The van der Waals surface area contributed by atoms with E-state index >= 15 is 0 Å². The van der Waals surface area contributed by atoms with E-state index in [0.29, 0.717) is 25.9 Å². The lowest BCUT2D eigenvalue weighted by molar-refractivity contribution is -0.191. The van der Waals surface area contributed by atoms with Crippen LogP contribution in [0.2, 0.25) is 0 Å². The van der Waals surface area contributed by atoms with Crippen molar-refractivity contribution in [3.8, 4) is 0 Å². The molecule has 0 saturated carbocycles. The lowest BCUT2D eigenvalue weighted by Crippen LogP contribution is -2.22. The molecular formula is C14H8FNO4S2. The van der Waals surface area contributed by atoms with Gasteiger partial charge in [-0.1, -0.05) is 36.1 Å². The molecule has 1 heterocycles. The minimum absolute atomic E-state index is 0.00512. The van der Waals surface area contributed by atoms with E-state index in [1.807, 2.05) is 0 Å². The highest BCUT2D eigenvalue weighted by molar-refractivity contribution is 8.26. The zero-order chi connectivity index (χ0) is 16.4. The second-order valence-corrected chi connectivity index (χ2v) is 6.03. The van der Waals surface area contributed by atoms with E-state index in [4.69, 9.17) is 21.8 Å². The first-order chi connectivity index (χ1) is 10.4. The number of carbonyl (C=O) groups is 2. The molecule has 3 rings (SSSR count). The molecule has 22 heavy (non-hydrogen) atoms. The predicted octanol–water partition coefficient (Wildman–Crippen LogP) is 1.57. The van der Waals surface area contributed by atoms with Gasteiger partial charge in [0.1, 0.15) is 10.1 Å². The van der Waals surface area contributed by atoms with Crippen molar-refractivity contribution in [1.82, 2.24) is 4.90 Å². The SMILES string of the molecule is CN1C(=O)/C(=C2/C(=O)Cc3c(F)cccc32)SC1=S.O=C=O. The average Bonchev–Trinajstić information content (AvgIpc) is 2.92. The number of carbonyl (C=O) groups excluding carboxylic acids is 4. The molecule has 112 valence electrons. The van der Waals surface area contributed by atoms with Gasteiger partial charge in [0.25, 0.3) is 5.91 Å². The topological polar surface area (TPSA) is 71.5 Å². The number of allylic oxidation sites excluding steroid dienone is 1. The molecule has 1 aliphatic heterocycles. The second-order valence-electron chi connectivity index (χ2n) is 4.39. The number of halogens is 1. The van der Waals surface area contributed by atoms with Crippen molar-refractivity contribution in [2.75, 3.05) is 7.05 Å². The van der Waals surface area contributed by atoms with E-state index in [2.05, 4.69) is 0 Å². The fraction of sp³-hybridized carbons (Fsp3) is 0.143. The lowest BCUT2D eigenvalue weighted by Gasteiger charge is -2.05. The average molecular weight is 337 g/mol. The summed E-state index contributed by atoms with van der Waals surface area (Å²) in [7, 11) is 1.57. The van der Waals surface area contributed by atoms with E-state index in [-0.39, 0.29) is 24.3 Å². The predicted molar refractivity (Wildman–Crippen MR) is 80.0 cm³/mol. The van der Waals surface area contributed by atoms with Crippen LogP contribution in [0.3, 0.4) is 0 Å². The molecule has 1 saturated heterocycles. The van der Waals surface area contributed by atoms with Gasteiger partial charge in [0.05, 0.1) is 4.91 Å². The van der Waals surface area contributed by atoms with E-state index in [1.165, 1.54) is 11.0 Å². The summed E-state index contributed by atoms with van der Waals surface area (Å²) in [5, 5.41) is 0. The summed E-state index contributed by atoms with van der Waals surface area (Å²) in [5.41, 5.74) is 1.18. The van der Waals surface area contributed by atoms with Gasteiger partial charge >= 0.3 is 6.15 Å². The number of thiocarbonyl (C=S) groups is 1. The molecule has 5 nitrogen and oxygen atoms in total. The summed E-state index contributed by atoms with van der Waals surface area (Å²) in [4.78, 5) is 42.0. The van der Waals surface area contributed by atoms with Crippen molar-refractivity contribution < 1.29 is 23.6 Å². The summed E-state index contributed by atoms with van der Waals surface area (Å²) >= 11 is 6.14. The van der Waals surface area contributed by atoms with Crippen LogP contribution in [0.4, 0.5) is 4.39 Å². The first-order valence-corrected chi connectivity index (χ1v) is 7.19. The number of ketones is 1. The van der Waals surface area contributed by atoms with Crippen LogP contribution < -0.4 is 0 Å². The van der Waals surface area contributed by atoms with Crippen LogP contribution in [0.25, 0.3) is 5.57 Å². The Balaban J connectivity index is 0.000000545. The van der Waals surface area contributed by atoms with Gasteiger partial charge in [-0.05, 0) is 11.6 Å². The molecule has 0 bridgehead atoms. The highest BCUT2D eigenvalue weighted by atomic mass is 32.2. The highest BCUT2D eigenvalue weighted by Gasteiger charge is 2.38. The summed E-state index contributed by atoms with van der Waals surface area (Å²) in [6, 6.07) is 4.53. The first-order valence-electron chi connectivity index (χ1n) is 5.96. The van der Waals surface area contributed by atoms with Crippen LogP contribution in [-0.2, 0) is 25.6 Å². The summed E-state index contributed by atoms with van der Waals surface area (Å²) < 4.78 is 14.1. The van der Waals surface area contributed by atoms with Crippen LogP contribution in [0.15, 0.2) is 23.1 Å². The standard InChI is InChI=1S/C13H8FNO2S2.CO2/c1-15-12(17)11(19-13(15)18)10-6-3-2-4-8(14)7(6)5-9(10)16;2-1-3/h2-4H,5H2,1H3;/b11-10-;. The Morgan fingerprint density at radius 2 is 1.95 bits per heavy atom. The molecule has 2 aliphatic rings. The van der Waals surface area contributed by atoms with Gasteiger partial charge in [0.2, 0.25) is 0 Å². The third-order valence-corrected chi connectivity index (χ3v) is 4.75. The maximum atomic E-state index is 13.7. The Labute approximate surface area is 134 Å². The van der Waals surface area contributed by atoms with E-state index in [0.717, 1.165) is 11.8 Å². The zero-order valence-electron chi connectivity index (χ0n) is 11.2. The Hall–Kier alpha value is -2.15. The zero-order valence-corrected chi connectivity index (χ0v) is 12.8. The van der Waals surface area contributed by atoms with Gasteiger partial charge in [0.15, 0.2) is 5.78 Å². The van der Waals surface area contributed by atoms with Crippen LogP contribution in [0, 0.1) is 5.82 Å². The van der Waals surface area contributed by atoms with Crippen molar-refractivity contribution in [3.05, 3.63) is 40.0 Å². The number of likely N-dealkylation sites (N-methyl/N-ethyl adjacent to an activating group) is 1. The molecule has 0 unspecified atom stereocenters. The van der Waals surface area contributed by atoms with Crippen LogP contribution >= 0.6 is 24.0 Å². The maximum Gasteiger partial charge on any atom is 0.373 e. The minimum Gasteiger partial charge on any atom is -0.296 e. The molecule has 0 radical (unpaired) electrons. The number of hydrogen-bond acceptors (Lipinski definition) is 6. The number of rotatable bonds is 0. The Bertz CT molecular complexity index is 766. The van der Waals surface area contributed by atoms with Crippen LogP contribution in [-0.4, -0.2) is 34.1 Å². The summed E-state index contributed by atoms with van der Waals surface area (Å²) in [6.07, 6.45) is 0.255. The third kappa shape index (κ3) is 2.64. The van der Waals surface area contributed by atoms with Gasteiger partial charge in [-0.2, -0.15) is 9.59 Å². The fourth-order valence-electron chi connectivity index (χ4n) is 2.21. The van der Waals surface area contributed by atoms with Crippen molar-refractivity contribution >= 4 is 51.7 Å². The Morgan fingerprint density at radius 3 is 2.50 bits per heavy atom. The van der Waals surface area contributed by atoms with E-state index in [9.17, 15) is 14.0 Å². The van der Waals surface area contributed by atoms with Gasteiger partial charge < -0.3 is 0 Å². The second kappa shape index (κ2) is 6.31. The third-order valence-electron chi connectivity index (χ3n) is 3.19. The summed E-state index contributed by atoms with van der Waals surface area (Å²) in [5.74, 6) is -0.933. The molecule has 0 N–H and O–H groups in total. The lowest BCUT2D eigenvalue weighted by atomic mass is 10.1. The summed E-state index contributed by atoms with van der Waals surface area (Å²) in [6.45, 7) is 0. The minimum atomic E-state index is -0.409. The Morgan fingerprint density at radius 1 is 1.32 bits per heavy atom. The van der Waals surface area contributed by atoms with E-state index in [1.54, 1.807) is 19.2 Å². The molecule has 1 aromatic carbocycles. The molecule has 0 atom stereocenters. The molecule has 0 aromatic heterocycles. The molecule has 1 aromatic rings. The number of amides is 1. The normalized spacial score (nSPS) is 19.7. The van der Waals surface area contributed by atoms with Crippen molar-refractivity contribution in [2.24, 2.45) is 0 Å². The van der Waals surface area contributed by atoms with Gasteiger partial charge in [-0.3, -0.25) is 14.5 Å². The van der Waals surface area contributed by atoms with Crippen LogP contribution in [0.1, 0.15) is 11.1 Å². The number of fused-ring (bicyclic) bond motifs is 1. The number of Topliss-reactive ketones (excluding diaryl/α,β-unsaturated/α-hetero) is 1. The molecule has 1 aliphatic carbocycles. The van der Waals surface area contributed by atoms with E-state index < -0.39 is 5.82 Å². The number of benzene rings is 1. The van der Waals surface area contributed by atoms with Crippen molar-refractivity contribution in [2.45, 2.75) is 6.42 Å². The molecule has 1 fully saturated rings. The smallest absolute Gasteiger partial charge is 0.296 e. The van der Waals surface area contributed by atoms with Gasteiger partial charge in [-0.25, -0.2) is 4.39 Å². The van der Waals surface area contributed by atoms with Crippen LogP contribution in [0.5, 0.6) is 0 Å². The monoisotopic (exact) mass is 337 g/mol. The first kappa shape index (κ1) is 16.2. The fourth-order valence-corrected chi connectivity index (χ4v) is 3.49. The molecule has 1 amide bonds. The largest absolute Gasteiger partial charge is 0.373 e. The van der Waals surface area contributed by atoms with Crippen molar-refractivity contribution in [1.29, 1.82) is 0 Å². The van der Waals surface area contributed by atoms with Gasteiger partial charge in [0, 0.05) is 24.6 Å². The van der Waals surface area contributed by atoms with Gasteiger partial charge in [-0.15, -0.1) is 0 Å². The highest BCUT2D eigenvalue weighted by Crippen LogP contribution is 2.41. The number of thioether (sulfide) groups is 1. The molecule has 8 heteroatoms.